The second-order valence-corrected chi connectivity index (χ2v) is 7.82. The number of carbonyl (C=O) groups excluding carboxylic acids is 2. The highest BCUT2D eigenvalue weighted by atomic mass is 35.5. The van der Waals surface area contributed by atoms with E-state index in [1.54, 1.807) is 36.4 Å². The number of hydrogen-bond donors (Lipinski definition) is 2. The smallest absolute Gasteiger partial charge is 0.251 e. The molecule has 1 heterocycles. The lowest BCUT2D eigenvalue weighted by Gasteiger charge is -2.35. The molecule has 0 saturated carbocycles. The molecule has 1 atom stereocenters. The average molecular weight is 448 g/mol. The predicted octanol–water partition coefficient (Wildman–Crippen LogP) is 3.18. The van der Waals surface area contributed by atoms with Gasteiger partial charge < -0.3 is 15.4 Å². The molecule has 0 aromatic heterocycles. The third-order valence-electron chi connectivity index (χ3n) is 5.21. The van der Waals surface area contributed by atoms with E-state index in [4.69, 9.17) is 16.3 Å². The van der Waals surface area contributed by atoms with Crippen LogP contribution in [0, 0.1) is 5.82 Å². The molecule has 0 radical (unpaired) electrons. The number of nitrogens with one attached hydrogen (secondary N) is 2. The van der Waals surface area contributed by atoms with Gasteiger partial charge in [0.15, 0.2) is 0 Å². The van der Waals surface area contributed by atoms with Crippen LogP contribution in [0.25, 0.3) is 0 Å². The Hall–Kier alpha value is -2.48. The molecule has 1 aliphatic rings. The summed E-state index contributed by atoms with van der Waals surface area (Å²) in [6.45, 7) is 3.63. The van der Waals surface area contributed by atoms with Gasteiger partial charge in [-0.2, -0.15) is 0 Å². The lowest BCUT2D eigenvalue weighted by atomic mass is 10.0. The summed E-state index contributed by atoms with van der Waals surface area (Å²) in [6, 6.07) is 13.0. The molecule has 1 saturated heterocycles. The summed E-state index contributed by atoms with van der Waals surface area (Å²) in [5.41, 5.74) is 1.49. The second-order valence-electron chi connectivity index (χ2n) is 7.39. The van der Waals surface area contributed by atoms with Gasteiger partial charge in [0.1, 0.15) is 5.82 Å². The third kappa shape index (κ3) is 7.31. The van der Waals surface area contributed by atoms with Crippen LogP contribution in [0.3, 0.4) is 0 Å². The van der Waals surface area contributed by atoms with Gasteiger partial charge in [0.05, 0.1) is 19.3 Å². The first-order chi connectivity index (χ1) is 15.0. The summed E-state index contributed by atoms with van der Waals surface area (Å²) in [4.78, 5) is 26.6. The Balaban J connectivity index is 1.44. The number of ether oxygens (including phenoxy) is 1. The van der Waals surface area contributed by atoms with Gasteiger partial charge in [-0.3, -0.25) is 14.5 Å². The van der Waals surface area contributed by atoms with Crippen LogP contribution < -0.4 is 10.6 Å². The van der Waals surface area contributed by atoms with Gasteiger partial charge in [0.2, 0.25) is 5.91 Å². The fourth-order valence-corrected chi connectivity index (χ4v) is 3.61. The second kappa shape index (κ2) is 11.8. The molecule has 1 fully saturated rings. The lowest BCUT2D eigenvalue weighted by Crippen LogP contribution is -2.43. The monoisotopic (exact) mass is 447 g/mol. The Kier molecular flexibility index (Phi) is 8.82. The van der Waals surface area contributed by atoms with Gasteiger partial charge in [0.25, 0.3) is 5.91 Å². The summed E-state index contributed by atoms with van der Waals surface area (Å²) in [5.74, 6) is -0.559. The number of rotatable bonds is 9. The Morgan fingerprint density at radius 3 is 2.39 bits per heavy atom. The van der Waals surface area contributed by atoms with Gasteiger partial charge >= 0.3 is 0 Å². The molecule has 2 aromatic carbocycles. The first-order valence-electron chi connectivity index (χ1n) is 10.4. The van der Waals surface area contributed by atoms with Crippen LogP contribution in [-0.2, 0) is 9.53 Å². The Bertz CT molecular complexity index is 855. The van der Waals surface area contributed by atoms with Crippen molar-refractivity contribution < 1.29 is 18.7 Å². The van der Waals surface area contributed by atoms with Crippen molar-refractivity contribution in [1.82, 2.24) is 15.5 Å². The highest BCUT2D eigenvalue weighted by molar-refractivity contribution is 6.30. The van der Waals surface area contributed by atoms with E-state index in [9.17, 15) is 14.0 Å². The number of carbonyl (C=O) groups is 2. The van der Waals surface area contributed by atoms with E-state index >= 15 is 0 Å². The maximum Gasteiger partial charge on any atom is 0.251 e. The van der Waals surface area contributed by atoms with Gasteiger partial charge in [-0.25, -0.2) is 4.39 Å². The van der Waals surface area contributed by atoms with Gasteiger partial charge in [-0.15, -0.1) is 0 Å². The minimum atomic E-state index is -0.283. The predicted molar refractivity (Wildman–Crippen MR) is 118 cm³/mol. The van der Waals surface area contributed by atoms with Crippen molar-refractivity contribution in [2.75, 3.05) is 39.4 Å². The quantitative estimate of drug-likeness (QED) is 0.579. The molecule has 166 valence electrons. The Morgan fingerprint density at radius 1 is 1.03 bits per heavy atom. The van der Waals surface area contributed by atoms with Crippen molar-refractivity contribution in [2.24, 2.45) is 0 Å². The first-order valence-corrected chi connectivity index (χ1v) is 10.8. The van der Waals surface area contributed by atoms with Crippen molar-refractivity contribution in [3.05, 3.63) is 70.5 Å². The Labute approximate surface area is 186 Å². The van der Waals surface area contributed by atoms with Crippen molar-refractivity contribution in [3.63, 3.8) is 0 Å². The minimum absolute atomic E-state index is 0.0435. The molecule has 0 bridgehead atoms. The largest absolute Gasteiger partial charge is 0.379 e. The molecule has 2 aromatic rings. The maximum absolute atomic E-state index is 13.3. The number of halogens is 2. The van der Waals surface area contributed by atoms with Crippen LogP contribution in [0.4, 0.5) is 4.39 Å². The maximum atomic E-state index is 13.3. The fourth-order valence-electron chi connectivity index (χ4n) is 3.48. The fraction of sp³-hybridized carbons (Fsp3) is 0.391. The number of benzene rings is 2. The van der Waals surface area contributed by atoms with Crippen LogP contribution in [0.5, 0.6) is 0 Å². The van der Waals surface area contributed by atoms with Crippen LogP contribution in [0.1, 0.15) is 34.8 Å². The van der Waals surface area contributed by atoms with E-state index in [2.05, 4.69) is 15.5 Å². The zero-order valence-electron chi connectivity index (χ0n) is 17.3. The highest BCUT2D eigenvalue weighted by Crippen LogP contribution is 2.21. The van der Waals surface area contributed by atoms with Crippen molar-refractivity contribution in [3.8, 4) is 0 Å². The van der Waals surface area contributed by atoms with Crippen molar-refractivity contribution in [2.45, 2.75) is 18.9 Å². The third-order valence-corrected chi connectivity index (χ3v) is 5.46. The summed E-state index contributed by atoms with van der Waals surface area (Å²) < 4.78 is 18.7. The van der Waals surface area contributed by atoms with Crippen LogP contribution >= 0.6 is 11.6 Å². The zero-order chi connectivity index (χ0) is 22.1. The minimum Gasteiger partial charge on any atom is -0.379 e. The molecule has 0 aliphatic carbocycles. The van der Waals surface area contributed by atoms with E-state index in [1.807, 2.05) is 0 Å². The molecule has 0 spiro atoms. The number of nitrogens with zero attached hydrogens (tertiary/aromatic N) is 1. The molecule has 8 heteroatoms. The number of morpholine rings is 1. The van der Waals surface area contributed by atoms with Gasteiger partial charge in [-0.05, 0) is 48.4 Å². The number of amides is 2. The zero-order valence-corrected chi connectivity index (χ0v) is 18.0. The Morgan fingerprint density at radius 2 is 1.71 bits per heavy atom. The van der Waals surface area contributed by atoms with E-state index in [0.717, 1.165) is 18.7 Å². The van der Waals surface area contributed by atoms with Crippen molar-refractivity contribution >= 4 is 23.4 Å². The molecule has 31 heavy (non-hydrogen) atoms. The van der Waals surface area contributed by atoms with E-state index in [1.165, 1.54) is 12.1 Å². The average Bonchev–Trinajstić information content (AvgIpc) is 2.79. The lowest BCUT2D eigenvalue weighted by molar-refractivity contribution is -0.121. The molecule has 6 nitrogen and oxygen atoms in total. The highest BCUT2D eigenvalue weighted by Gasteiger charge is 2.23. The first kappa shape index (κ1) is 23.2. The molecule has 2 N–H and O–H groups in total. The van der Waals surface area contributed by atoms with E-state index < -0.39 is 0 Å². The standard InChI is InChI=1S/C23H27ClFN3O3/c24-19-7-3-18(4-8-19)23(30)26-11-1-2-22(29)27-16-21(28-12-14-31-15-13-28)17-5-9-20(25)10-6-17/h3-10,21H,1-2,11-16H2,(H,26,30)(H,27,29)/t21-/m1/s1. The van der Waals surface area contributed by atoms with Crippen molar-refractivity contribution in [1.29, 1.82) is 0 Å². The van der Waals surface area contributed by atoms with Gasteiger partial charge in [0, 0.05) is 43.2 Å². The molecular formula is C23H27ClFN3O3. The molecule has 3 rings (SSSR count). The van der Waals surface area contributed by atoms with Crippen LogP contribution in [-0.4, -0.2) is 56.1 Å². The topological polar surface area (TPSA) is 70.7 Å². The molecule has 2 amide bonds. The molecular weight excluding hydrogens is 421 g/mol. The van der Waals surface area contributed by atoms with Crippen LogP contribution in [0.15, 0.2) is 48.5 Å². The summed E-state index contributed by atoms with van der Waals surface area (Å²) in [5, 5.41) is 6.35. The SMILES string of the molecule is O=C(CCCNC(=O)c1ccc(Cl)cc1)NC[C@H](c1ccc(F)cc1)N1CCOCC1. The molecule has 1 aliphatic heterocycles. The van der Waals surface area contributed by atoms with E-state index in [-0.39, 0.29) is 23.7 Å². The normalized spacial score (nSPS) is 15.3. The van der Waals surface area contributed by atoms with E-state index in [0.29, 0.717) is 49.7 Å². The van der Waals surface area contributed by atoms with Gasteiger partial charge in [-0.1, -0.05) is 23.7 Å². The summed E-state index contributed by atoms with van der Waals surface area (Å²) >= 11 is 5.82. The molecule has 0 unspecified atom stereocenters. The number of hydrogen-bond acceptors (Lipinski definition) is 4. The summed E-state index contributed by atoms with van der Waals surface area (Å²) in [7, 11) is 0. The van der Waals surface area contributed by atoms with Crippen LogP contribution in [0.2, 0.25) is 5.02 Å². The summed E-state index contributed by atoms with van der Waals surface area (Å²) in [6.07, 6.45) is 0.837.